The summed E-state index contributed by atoms with van der Waals surface area (Å²) in [6.07, 6.45) is 1.76. The van der Waals surface area contributed by atoms with E-state index >= 15 is 0 Å². The zero-order chi connectivity index (χ0) is 20.6. The number of benzene rings is 3. The van der Waals surface area contributed by atoms with E-state index in [0.717, 1.165) is 21.9 Å². The lowest BCUT2D eigenvalue weighted by Gasteiger charge is -2.26. The van der Waals surface area contributed by atoms with Gasteiger partial charge in [-0.2, -0.15) is 5.26 Å². The van der Waals surface area contributed by atoms with Gasteiger partial charge in [-0.25, -0.2) is 8.42 Å². The van der Waals surface area contributed by atoms with Crippen molar-refractivity contribution in [2.75, 3.05) is 24.5 Å². The van der Waals surface area contributed by atoms with Crippen LogP contribution >= 0.6 is 0 Å². The van der Waals surface area contributed by atoms with Crippen LogP contribution in [0.2, 0.25) is 0 Å². The van der Waals surface area contributed by atoms with Gasteiger partial charge in [0.25, 0.3) is 0 Å². The Balaban J connectivity index is 1.78. The highest BCUT2D eigenvalue weighted by Crippen LogP contribution is 2.44. The van der Waals surface area contributed by atoms with Crippen molar-refractivity contribution in [2.24, 2.45) is 0 Å². The topological polar surface area (TPSA) is 79.6 Å². The lowest BCUT2D eigenvalue weighted by atomic mass is 9.98. The predicted octanol–water partition coefficient (Wildman–Crippen LogP) is 3.76. The number of fused-ring (bicyclic) bond motifs is 2. The molecule has 1 atom stereocenters. The summed E-state index contributed by atoms with van der Waals surface area (Å²) >= 11 is 0. The van der Waals surface area contributed by atoms with Gasteiger partial charge in [0.2, 0.25) is 10.0 Å². The maximum Gasteiger partial charge on any atom is 0.232 e. The Labute approximate surface area is 169 Å². The smallest absolute Gasteiger partial charge is 0.232 e. The second-order valence-corrected chi connectivity index (χ2v) is 8.91. The fourth-order valence-electron chi connectivity index (χ4n) is 3.82. The summed E-state index contributed by atoms with van der Waals surface area (Å²) in [5, 5.41) is 11.1. The molecule has 0 amide bonds. The largest absolute Gasteiger partial charge is 0.468 e. The quantitative estimate of drug-likeness (QED) is 0.601. The third-order valence-electron chi connectivity index (χ3n) is 5.06. The summed E-state index contributed by atoms with van der Waals surface area (Å²) in [7, 11) is -1.95. The second kappa shape index (κ2) is 7.39. The van der Waals surface area contributed by atoms with Crippen LogP contribution in [0.4, 0.5) is 5.69 Å². The normalized spacial score (nSPS) is 15.9. The predicted molar refractivity (Wildman–Crippen MR) is 111 cm³/mol. The van der Waals surface area contributed by atoms with Crippen molar-refractivity contribution in [3.8, 4) is 11.8 Å². The third-order valence-corrected chi connectivity index (χ3v) is 6.23. The number of methoxy groups -OCH3 is 1. The van der Waals surface area contributed by atoms with Crippen molar-refractivity contribution in [3.63, 3.8) is 0 Å². The zero-order valence-corrected chi connectivity index (χ0v) is 16.9. The number of anilines is 1. The SMILES string of the molecule is COCOc1ccc2c(c1)CC(c1ccc3ccc(C#N)cc3c1)N2S(C)(=O)=O. The number of rotatable bonds is 5. The minimum atomic E-state index is -3.49. The maximum absolute atomic E-state index is 12.6. The second-order valence-electron chi connectivity index (χ2n) is 7.05. The molecule has 1 unspecified atom stereocenters. The summed E-state index contributed by atoms with van der Waals surface area (Å²) in [6.45, 7) is 0.129. The number of sulfonamides is 1. The molecule has 1 aliphatic rings. The zero-order valence-electron chi connectivity index (χ0n) is 16.1. The van der Waals surface area contributed by atoms with E-state index in [-0.39, 0.29) is 12.8 Å². The molecule has 0 radical (unpaired) electrons. The van der Waals surface area contributed by atoms with E-state index in [1.54, 1.807) is 25.3 Å². The van der Waals surface area contributed by atoms with Crippen LogP contribution in [0.1, 0.15) is 22.7 Å². The standard InChI is InChI=1S/C22H20N2O4S/c1-27-14-28-20-7-8-21-19(11-20)12-22(24(21)29(2,25)26)17-6-5-16-4-3-15(13-23)9-18(16)10-17/h3-11,22H,12,14H2,1-2H3. The van der Waals surface area contributed by atoms with Crippen molar-refractivity contribution >= 4 is 26.5 Å². The van der Waals surface area contributed by atoms with Gasteiger partial charge in [0, 0.05) is 13.5 Å². The first-order chi connectivity index (χ1) is 13.9. The van der Waals surface area contributed by atoms with Crippen molar-refractivity contribution in [3.05, 3.63) is 71.3 Å². The fraction of sp³-hybridized carbons (Fsp3) is 0.227. The van der Waals surface area contributed by atoms with E-state index in [1.807, 2.05) is 36.4 Å². The van der Waals surface area contributed by atoms with Crippen LogP contribution in [-0.2, 0) is 21.2 Å². The minimum absolute atomic E-state index is 0.129. The third kappa shape index (κ3) is 3.65. The highest BCUT2D eigenvalue weighted by atomic mass is 32.2. The van der Waals surface area contributed by atoms with E-state index in [1.165, 1.54) is 10.6 Å². The van der Waals surface area contributed by atoms with Crippen molar-refractivity contribution in [2.45, 2.75) is 12.5 Å². The molecule has 0 bridgehead atoms. The molecular weight excluding hydrogens is 388 g/mol. The molecule has 0 aliphatic carbocycles. The highest BCUT2D eigenvalue weighted by Gasteiger charge is 2.36. The van der Waals surface area contributed by atoms with Crippen LogP contribution in [0.15, 0.2) is 54.6 Å². The number of nitrogens with zero attached hydrogens (tertiary/aromatic N) is 2. The van der Waals surface area contributed by atoms with Crippen LogP contribution in [0.25, 0.3) is 10.8 Å². The summed E-state index contributed by atoms with van der Waals surface area (Å²) < 4.78 is 37.2. The van der Waals surface area contributed by atoms with Gasteiger partial charge >= 0.3 is 0 Å². The van der Waals surface area contributed by atoms with E-state index in [4.69, 9.17) is 9.47 Å². The molecule has 0 spiro atoms. The van der Waals surface area contributed by atoms with E-state index in [9.17, 15) is 13.7 Å². The summed E-state index contributed by atoms with van der Waals surface area (Å²) in [6, 6.07) is 18.5. The fourth-order valence-corrected chi connectivity index (χ4v) is 5.02. The van der Waals surface area contributed by atoms with Gasteiger partial charge in [-0.05, 0) is 58.3 Å². The molecule has 0 fully saturated rings. The highest BCUT2D eigenvalue weighted by molar-refractivity contribution is 7.92. The van der Waals surface area contributed by atoms with Crippen molar-refractivity contribution in [1.29, 1.82) is 5.26 Å². The molecule has 0 aromatic heterocycles. The summed E-state index contributed by atoms with van der Waals surface area (Å²) in [5.41, 5.74) is 3.02. The first-order valence-electron chi connectivity index (χ1n) is 9.08. The molecule has 7 heteroatoms. The summed E-state index contributed by atoms with van der Waals surface area (Å²) in [4.78, 5) is 0. The molecule has 1 heterocycles. The van der Waals surface area contributed by atoms with Crippen molar-refractivity contribution < 1.29 is 17.9 Å². The van der Waals surface area contributed by atoms with Crippen molar-refractivity contribution in [1.82, 2.24) is 0 Å². The lowest BCUT2D eigenvalue weighted by Crippen LogP contribution is -2.31. The number of nitriles is 1. The first-order valence-corrected chi connectivity index (χ1v) is 10.9. The Morgan fingerprint density at radius 2 is 1.90 bits per heavy atom. The Morgan fingerprint density at radius 1 is 1.10 bits per heavy atom. The number of hydrogen-bond acceptors (Lipinski definition) is 5. The number of ether oxygens (including phenoxy) is 2. The number of hydrogen-bond donors (Lipinski definition) is 0. The van der Waals surface area contributed by atoms with E-state index in [2.05, 4.69) is 6.07 Å². The van der Waals surface area contributed by atoms with Crippen LogP contribution < -0.4 is 9.04 Å². The Hall–Kier alpha value is -3.08. The van der Waals surface area contributed by atoms with Gasteiger partial charge in [0.05, 0.1) is 29.6 Å². The average molecular weight is 408 g/mol. The molecule has 0 saturated heterocycles. The molecule has 0 N–H and O–H groups in total. The van der Waals surface area contributed by atoms with Gasteiger partial charge in [-0.3, -0.25) is 4.31 Å². The Morgan fingerprint density at radius 3 is 2.62 bits per heavy atom. The van der Waals surface area contributed by atoms with Gasteiger partial charge in [-0.1, -0.05) is 18.2 Å². The molecule has 3 aromatic rings. The molecule has 148 valence electrons. The van der Waals surface area contributed by atoms with Crippen LogP contribution in [0.3, 0.4) is 0 Å². The van der Waals surface area contributed by atoms with Crippen LogP contribution in [0.5, 0.6) is 5.75 Å². The molecule has 4 rings (SSSR count). The first kappa shape index (κ1) is 19.2. The minimum Gasteiger partial charge on any atom is -0.468 e. The monoisotopic (exact) mass is 408 g/mol. The molecule has 29 heavy (non-hydrogen) atoms. The summed E-state index contributed by atoms with van der Waals surface area (Å²) in [5.74, 6) is 0.636. The molecule has 6 nitrogen and oxygen atoms in total. The van der Waals surface area contributed by atoms with E-state index in [0.29, 0.717) is 23.4 Å². The molecule has 0 saturated carbocycles. The van der Waals surface area contributed by atoms with Gasteiger partial charge in [0.15, 0.2) is 6.79 Å². The Kier molecular flexibility index (Phi) is 4.91. The van der Waals surface area contributed by atoms with Gasteiger partial charge in [-0.15, -0.1) is 0 Å². The Bertz CT molecular complexity index is 1230. The lowest BCUT2D eigenvalue weighted by molar-refractivity contribution is 0.0511. The van der Waals surface area contributed by atoms with Crippen LogP contribution in [-0.4, -0.2) is 28.6 Å². The molecular formula is C22H20N2O4S. The van der Waals surface area contributed by atoms with Gasteiger partial charge < -0.3 is 9.47 Å². The average Bonchev–Trinajstić information content (AvgIpc) is 3.10. The molecule has 3 aromatic carbocycles. The van der Waals surface area contributed by atoms with Crippen LogP contribution in [0, 0.1) is 11.3 Å². The van der Waals surface area contributed by atoms with E-state index < -0.39 is 10.0 Å². The van der Waals surface area contributed by atoms with Gasteiger partial charge in [0.1, 0.15) is 5.75 Å². The maximum atomic E-state index is 12.6. The molecule has 1 aliphatic heterocycles.